The van der Waals surface area contributed by atoms with Gasteiger partial charge < -0.3 is 66.4 Å². The molecule has 0 aromatic heterocycles. The number of hydrogen-bond acceptors (Lipinski definition) is 17. The number of esters is 1. The lowest BCUT2D eigenvalue weighted by Crippen LogP contribution is -2.58. The monoisotopic (exact) mass is 1410 g/mol. The van der Waals surface area contributed by atoms with Crippen molar-refractivity contribution < 1.29 is 76.5 Å². The van der Waals surface area contributed by atoms with Crippen molar-refractivity contribution >= 4 is 82.6 Å². The Labute approximate surface area is 593 Å². The van der Waals surface area contributed by atoms with Crippen molar-refractivity contribution in [2.24, 2.45) is 29.4 Å². The van der Waals surface area contributed by atoms with Crippen LogP contribution in [0.3, 0.4) is 0 Å². The molecule has 12 atom stereocenters. The molecule has 2 aliphatic heterocycles. The van der Waals surface area contributed by atoms with Gasteiger partial charge in [-0.1, -0.05) is 109 Å². The van der Waals surface area contributed by atoms with Crippen LogP contribution in [0.2, 0.25) is 0 Å². The van der Waals surface area contributed by atoms with E-state index in [-0.39, 0.29) is 111 Å². The summed E-state index contributed by atoms with van der Waals surface area (Å²) in [6.07, 6.45) is 2.10. The van der Waals surface area contributed by atoms with Gasteiger partial charge in [-0.3, -0.25) is 58.3 Å². The first-order chi connectivity index (χ1) is 48.0. The number of rotatable bonds is 40. The second-order valence-corrected chi connectivity index (χ2v) is 26.9. The summed E-state index contributed by atoms with van der Waals surface area (Å²) in [4.78, 5) is 165. The molecule has 0 bridgehead atoms. The highest BCUT2D eigenvalue weighted by Crippen LogP contribution is 2.30. The first kappa shape index (κ1) is 82.6. The van der Waals surface area contributed by atoms with Gasteiger partial charge in [0, 0.05) is 84.0 Å². The number of likely N-dealkylation sites (N-methyl/N-ethyl adjacent to an activating group) is 2. The number of hydrogen-bond donors (Lipinski definition) is 8. The molecule has 3 aromatic carbocycles. The van der Waals surface area contributed by atoms with E-state index in [0.29, 0.717) is 68.6 Å². The summed E-state index contributed by atoms with van der Waals surface area (Å²) in [5.74, 6) is -5.40. The summed E-state index contributed by atoms with van der Waals surface area (Å²) >= 11 is 0. The van der Waals surface area contributed by atoms with E-state index in [1.165, 1.54) is 33.2 Å². The average molecular weight is 1410 g/mol. The van der Waals surface area contributed by atoms with Gasteiger partial charge in [0.05, 0.1) is 49.8 Å². The number of likely N-dealkylation sites (tertiary alicyclic amines) is 2. The maximum absolute atomic E-state index is 14.5. The smallest absolute Gasteiger partial charge is 0.411 e. The number of amides is 12. The molecule has 1 unspecified atom stereocenters. The maximum atomic E-state index is 14.5. The zero-order valence-corrected chi connectivity index (χ0v) is 60.9. The highest BCUT2D eigenvalue weighted by atomic mass is 16.5. The first-order valence-corrected chi connectivity index (χ1v) is 35.0. The van der Waals surface area contributed by atoms with Gasteiger partial charge in [0.2, 0.25) is 53.2 Å². The van der Waals surface area contributed by atoms with Gasteiger partial charge in [0.25, 0.3) is 0 Å². The molecule has 2 aliphatic rings. The molecule has 2 saturated heterocycles. The second-order valence-electron chi connectivity index (χ2n) is 26.9. The van der Waals surface area contributed by atoms with Gasteiger partial charge in [0.1, 0.15) is 30.8 Å². The van der Waals surface area contributed by atoms with E-state index < -0.39 is 96.2 Å². The van der Waals surface area contributed by atoms with Crippen molar-refractivity contribution in [1.82, 2.24) is 46.2 Å². The van der Waals surface area contributed by atoms with E-state index >= 15 is 0 Å². The number of urea groups is 1. The van der Waals surface area contributed by atoms with Gasteiger partial charge in [-0.25, -0.2) is 14.4 Å². The minimum atomic E-state index is -1.08. The van der Waals surface area contributed by atoms with Crippen molar-refractivity contribution in [3.63, 3.8) is 0 Å². The van der Waals surface area contributed by atoms with Crippen LogP contribution >= 0.6 is 0 Å². The lowest BCUT2D eigenvalue weighted by atomic mass is 9.90. The maximum Gasteiger partial charge on any atom is 0.411 e. The molecule has 28 heteroatoms. The highest BCUT2D eigenvalue weighted by molar-refractivity contribution is 6.03. The van der Waals surface area contributed by atoms with Gasteiger partial charge >= 0.3 is 18.1 Å². The van der Waals surface area contributed by atoms with Crippen LogP contribution in [0.25, 0.3) is 0 Å². The Kier molecular flexibility index (Phi) is 33.6. The van der Waals surface area contributed by atoms with Crippen molar-refractivity contribution in [3.8, 4) is 0 Å². The molecule has 101 heavy (non-hydrogen) atoms. The van der Waals surface area contributed by atoms with Gasteiger partial charge in [-0.05, 0) is 112 Å². The Morgan fingerprint density at radius 1 is 0.703 bits per heavy atom. The fourth-order valence-electron chi connectivity index (χ4n) is 13.1. The minimum Gasteiger partial charge on any atom is -0.467 e. The Morgan fingerprint density at radius 2 is 1.39 bits per heavy atom. The summed E-state index contributed by atoms with van der Waals surface area (Å²) in [6, 6.07) is 16.3. The van der Waals surface area contributed by atoms with E-state index in [1.54, 1.807) is 87.1 Å². The number of nitrogens with two attached hydrogens (primary N) is 1. The van der Waals surface area contributed by atoms with Crippen molar-refractivity contribution in [2.75, 3.05) is 65.7 Å². The largest absolute Gasteiger partial charge is 0.467 e. The number of carbonyl (C=O) groups is 12. The third-order valence-electron chi connectivity index (χ3n) is 18.8. The molecule has 0 spiro atoms. The molecule has 0 radical (unpaired) electrons. The summed E-state index contributed by atoms with van der Waals surface area (Å²) < 4.78 is 22.6. The Morgan fingerprint density at radius 3 is 2.01 bits per heavy atom. The number of benzene rings is 3. The zero-order valence-electron chi connectivity index (χ0n) is 60.9. The number of nitrogens with zero attached hydrogens (tertiary/aromatic N) is 4. The topological polar surface area (TPSA) is 365 Å². The summed E-state index contributed by atoms with van der Waals surface area (Å²) in [7, 11) is 7.72. The van der Waals surface area contributed by atoms with Gasteiger partial charge in [0.15, 0.2) is 0 Å². The molecule has 5 rings (SSSR count). The normalized spacial score (nSPS) is 17.4. The summed E-state index contributed by atoms with van der Waals surface area (Å²) in [6.45, 7) is 15.3. The van der Waals surface area contributed by atoms with Crippen LogP contribution in [-0.4, -0.2) is 200 Å². The van der Waals surface area contributed by atoms with Crippen LogP contribution in [0.1, 0.15) is 143 Å². The van der Waals surface area contributed by atoms with Gasteiger partial charge in [-0.2, -0.15) is 0 Å². The minimum absolute atomic E-state index is 0.0814. The predicted molar refractivity (Wildman–Crippen MR) is 379 cm³/mol. The number of ether oxygens (including phenoxy) is 4. The Balaban J connectivity index is 1.11. The van der Waals surface area contributed by atoms with E-state index in [9.17, 15) is 57.5 Å². The van der Waals surface area contributed by atoms with E-state index in [1.807, 2.05) is 69.0 Å². The van der Waals surface area contributed by atoms with E-state index in [2.05, 4.69) is 37.2 Å². The van der Waals surface area contributed by atoms with Gasteiger partial charge in [-0.15, -0.1) is 0 Å². The third kappa shape index (κ3) is 25.2. The third-order valence-corrected chi connectivity index (χ3v) is 18.8. The molecule has 9 N–H and O–H groups in total. The van der Waals surface area contributed by atoms with Crippen LogP contribution in [-0.2, 0) is 86.5 Å². The molecule has 2 fully saturated rings. The molecule has 3 aromatic rings. The van der Waals surface area contributed by atoms with Crippen molar-refractivity contribution in [2.45, 2.75) is 200 Å². The van der Waals surface area contributed by atoms with E-state index in [0.717, 1.165) is 11.1 Å². The Bertz CT molecular complexity index is 3290. The fraction of sp³-hybridized carbons (Fsp3) is 0.589. The van der Waals surface area contributed by atoms with Crippen LogP contribution in [0.15, 0.2) is 78.9 Å². The van der Waals surface area contributed by atoms with Crippen LogP contribution < -0.4 is 43.0 Å². The number of anilines is 2. The van der Waals surface area contributed by atoms with Crippen molar-refractivity contribution in [1.29, 1.82) is 0 Å². The molecule has 0 aliphatic carbocycles. The molecular weight excluding hydrogens is 1300 g/mol. The fourth-order valence-corrected chi connectivity index (χ4v) is 13.1. The molecule has 556 valence electrons. The summed E-state index contributed by atoms with van der Waals surface area (Å²) in [5, 5.41) is 19.1. The van der Waals surface area contributed by atoms with Crippen molar-refractivity contribution in [3.05, 3.63) is 95.6 Å². The number of methoxy groups -OCH3 is 3. The number of nitrogens with one attached hydrogen (secondary N) is 7. The first-order valence-electron chi connectivity index (χ1n) is 35.0. The molecule has 0 saturated carbocycles. The molecular formula is C73H108N12O16. The van der Waals surface area contributed by atoms with Crippen LogP contribution in [0.5, 0.6) is 0 Å². The Hall–Kier alpha value is -9.02. The summed E-state index contributed by atoms with van der Waals surface area (Å²) in [5.41, 5.74) is 8.19. The lowest BCUT2D eigenvalue weighted by Gasteiger charge is -2.40. The SMILES string of the molecule is CC[C@H](C)[C@@H]([C@@H](CC(=O)N1CCC[C@H]1[C@H](OC)[C@@H](C)C(=O)N[C@@H](Cc1ccccc1)C(=O)OC)OC)N(C)C(=O)[C@H](C)NC(=O)[C@H](C(C)C)N(C)Cc1cccc(NC(=O)OCc2ccc(NC(=O)[C@H](CCCNC(N)=O)NC(=O)[C@H](C)NC(=O)CCCCCN3C(=O)CC(C)C3=O)cc2)c1. The molecule has 2 heterocycles. The molecule has 28 nitrogen and oxygen atoms in total. The highest BCUT2D eigenvalue weighted by Gasteiger charge is 2.44. The predicted octanol–water partition coefficient (Wildman–Crippen LogP) is 5.55. The standard InChI is InChI=1S/C73H108N12O16/c1-14-45(4)63(58(98-11)41-61(88)84-37-23-29-57(84)64(99-12)47(6)65(89)81-56(71(95)100-13)40-50-24-17-15-18-25-50)83(10)70(94)49(8)77-68(92)62(44(2)3)82(9)42-52-26-21-27-54(39-52)79-73(97)101-43-51-31-33-53(34-32-51)78-67(91)55(28-22-35-75-72(74)96)80-66(90)48(7)76-59(86)30-19-16-20-36-85-60(87)38-46(5)69(85)93/h15,17-18,21,24-27,31-34,39,44-49,55-58,62-64H,14,16,19-20,22-23,28-30,35-38,40-43H2,1-13H3,(H,76,86)(H,77,92)(H,78,91)(H,79,97)(H,80,90)(H,81,89)(H3,74,75,96)/t45-,46?,47+,48-,49-,55-,56-,57-,58+,62-,63-,64+/m0/s1. The number of primary amides is 1. The number of unbranched alkanes of at least 4 members (excludes halogenated alkanes) is 2. The number of imide groups is 1. The second kappa shape index (κ2) is 41.0. The number of carbonyl (C=O) groups excluding carboxylic acids is 12. The lowest BCUT2D eigenvalue weighted by molar-refractivity contribution is -0.148. The molecule has 12 amide bonds. The quantitative estimate of drug-likeness (QED) is 0.0196. The van der Waals surface area contributed by atoms with Crippen LogP contribution in [0.4, 0.5) is 21.0 Å². The zero-order chi connectivity index (χ0) is 74.6. The average Bonchev–Trinajstić information content (AvgIpc) is 1.78. The van der Waals surface area contributed by atoms with E-state index in [4.69, 9.17) is 24.7 Å². The van der Waals surface area contributed by atoms with Crippen LogP contribution in [0, 0.1) is 23.7 Å².